The highest BCUT2D eigenvalue weighted by Gasteiger charge is 2.32. The fraction of sp³-hybridized carbons (Fsp3) is 0.345. The Morgan fingerprint density at radius 1 is 1.00 bits per heavy atom. The Balaban J connectivity index is 1.54. The van der Waals surface area contributed by atoms with Crippen LogP contribution in [0, 0.1) is 0 Å². The van der Waals surface area contributed by atoms with Crippen molar-refractivity contribution in [2.45, 2.75) is 26.1 Å². The fourth-order valence-electron chi connectivity index (χ4n) is 5.10. The van der Waals surface area contributed by atoms with Crippen molar-refractivity contribution in [2.24, 2.45) is 0 Å². The largest absolute Gasteiger partial charge is 0.462 e. The van der Waals surface area contributed by atoms with E-state index in [0.29, 0.717) is 48.3 Å². The van der Waals surface area contributed by atoms with Crippen molar-refractivity contribution in [2.75, 3.05) is 43.4 Å². The van der Waals surface area contributed by atoms with E-state index in [4.69, 9.17) is 4.74 Å². The van der Waals surface area contributed by atoms with Gasteiger partial charge in [0.2, 0.25) is 0 Å². The second kappa shape index (κ2) is 11.4. The van der Waals surface area contributed by atoms with Gasteiger partial charge in [0.1, 0.15) is 5.56 Å². The molecule has 0 bridgehead atoms. The number of anilines is 1. The summed E-state index contributed by atoms with van der Waals surface area (Å²) in [4.78, 5) is 44.5. The van der Waals surface area contributed by atoms with Crippen LogP contribution in [0.1, 0.15) is 34.8 Å². The van der Waals surface area contributed by atoms with Gasteiger partial charge >= 0.3 is 12.1 Å². The maximum atomic E-state index is 13.9. The van der Waals surface area contributed by atoms with Gasteiger partial charge in [-0.25, -0.2) is 4.79 Å². The van der Waals surface area contributed by atoms with Gasteiger partial charge in [-0.15, -0.1) is 11.8 Å². The van der Waals surface area contributed by atoms with E-state index < -0.39 is 23.3 Å². The number of benzene rings is 2. The lowest BCUT2D eigenvalue weighted by molar-refractivity contribution is -0.137. The second-order valence-corrected chi connectivity index (χ2v) is 10.7. The number of amides is 1. The van der Waals surface area contributed by atoms with Crippen molar-refractivity contribution in [3.05, 3.63) is 86.6 Å². The van der Waals surface area contributed by atoms with Gasteiger partial charge in [-0.2, -0.15) is 13.2 Å². The number of piperazine rings is 1. The Hall–Kier alpha value is -3.73. The number of aromatic nitrogens is 1. The second-order valence-electron chi connectivity index (χ2n) is 9.53. The number of hydrogen-bond donors (Lipinski definition) is 0. The lowest BCUT2D eigenvalue weighted by Gasteiger charge is -2.37. The number of esters is 1. The number of pyridine rings is 1. The molecular formula is C29H28F3N3O4S. The molecule has 0 spiro atoms. The van der Waals surface area contributed by atoms with E-state index in [-0.39, 0.29) is 24.6 Å². The van der Waals surface area contributed by atoms with Crippen LogP contribution in [0.4, 0.5) is 18.9 Å². The van der Waals surface area contributed by atoms with Crippen LogP contribution in [0.2, 0.25) is 0 Å². The zero-order valence-corrected chi connectivity index (χ0v) is 22.7. The Morgan fingerprint density at radius 2 is 1.70 bits per heavy atom. The quantitative estimate of drug-likeness (QED) is 0.392. The number of halogens is 3. The Morgan fingerprint density at radius 3 is 2.33 bits per heavy atom. The fourth-order valence-corrected chi connectivity index (χ4v) is 6.04. The molecule has 3 aromatic rings. The zero-order valence-electron chi connectivity index (χ0n) is 21.9. The molecule has 11 heteroatoms. The summed E-state index contributed by atoms with van der Waals surface area (Å²) < 4.78 is 45.9. The molecule has 40 heavy (non-hydrogen) atoms. The highest BCUT2D eigenvalue weighted by Crippen LogP contribution is 2.33. The van der Waals surface area contributed by atoms with Gasteiger partial charge < -0.3 is 19.1 Å². The average molecular weight is 572 g/mol. The summed E-state index contributed by atoms with van der Waals surface area (Å²) in [6, 6.07) is 11.7. The number of rotatable bonds is 6. The smallest absolute Gasteiger partial charge is 0.416 e. The SMILES string of the molecule is CCOC(=O)c1c(N2CCN(C(=O)C3=CCCS3)CC2)c2ccccc2n(Cc2ccc(C(F)(F)F)cc2)c1=O. The van der Waals surface area contributed by atoms with Crippen LogP contribution < -0.4 is 10.5 Å². The van der Waals surface area contributed by atoms with E-state index in [2.05, 4.69) is 0 Å². The molecule has 5 rings (SSSR count). The number of thioether (sulfide) groups is 1. The van der Waals surface area contributed by atoms with Gasteiger partial charge in [-0.1, -0.05) is 36.4 Å². The van der Waals surface area contributed by atoms with Crippen molar-refractivity contribution < 1.29 is 27.5 Å². The molecule has 0 radical (unpaired) electrons. The number of para-hydroxylation sites is 1. The zero-order chi connectivity index (χ0) is 28.4. The molecule has 0 N–H and O–H groups in total. The van der Waals surface area contributed by atoms with E-state index >= 15 is 0 Å². The standard InChI is InChI=1S/C29H28F3N3O4S/c1-2-39-28(38)24-25(33-13-15-34(16-14-33)26(36)23-8-5-17-40-23)21-6-3-4-7-22(21)35(27(24)37)18-19-9-11-20(12-10-19)29(30,31)32/h3-4,6-12H,2,5,13-18H2,1H3. The van der Waals surface area contributed by atoms with Gasteiger partial charge in [0, 0.05) is 37.3 Å². The van der Waals surface area contributed by atoms with E-state index in [9.17, 15) is 27.6 Å². The van der Waals surface area contributed by atoms with Crippen LogP contribution in [0.25, 0.3) is 10.9 Å². The van der Waals surface area contributed by atoms with Crippen LogP contribution >= 0.6 is 11.8 Å². The molecular weight excluding hydrogens is 543 g/mol. The van der Waals surface area contributed by atoms with Crippen molar-refractivity contribution in [1.29, 1.82) is 0 Å². The maximum Gasteiger partial charge on any atom is 0.416 e. The number of carbonyl (C=O) groups is 2. The third kappa shape index (κ3) is 5.47. The molecule has 0 saturated carbocycles. The summed E-state index contributed by atoms with van der Waals surface area (Å²) in [7, 11) is 0. The van der Waals surface area contributed by atoms with Crippen LogP contribution in [0.3, 0.4) is 0 Å². The number of ether oxygens (including phenoxy) is 1. The Labute approximate surface area is 233 Å². The molecule has 0 unspecified atom stereocenters. The topological polar surface area (TPSA) is 71.8 Å². The molecule has 2 aliphatic heterocycles. The van der Waals surface area contributed by atoms with Crippen molar-refractivity contribution in [3.8, 4) is 0 Å². The summed E-state index contributed by atoms with van der Waals surface area (Å²) in [5, 5.41) is 0.644. The van der Waals surface area contributed by atoms with E-state index in [0.717, 1.165) is 29.2 Å². The van der Waals surface area contributed by atoms with Gasteiger partial charge in [0.15, 0.2) is 0 Å². The maximum absolute atomic E-state index is 13.9. The van der Waals surface area contributed by atoms with Crippen molar-refractivity contribution in [1.82, 2.24) is 9.47 Å². The minimum atomic E-state index is -4.47. The summed E-state index contributed by atoms with van der Waals surface area (Å²) in [6.45, 7) is 3.39. The van der Waals surface area contributed by atoms with E-state index in [1.165, 1.54) is 16.7 Å². The average Bonchev–Trinajstić information content (AvgIpc) is 3.49. The number of allylic oxidation sites excluding steroid dienone is 1. The molecule has 210 valence electrons. The Kier molecular flexibility index (Phi) is 7.93. The van der Waals surface area contributed by atoms with Crippen LogP contribution in [-0.2, 0) is 22.3 Å². The normalized spacial score (nSPS) is 15.8. The number of alkyl halides is 3. The monoisotopic (exact) mass is 571 g/mol. The first-order valence-electron chi connectivity index (χ1n) is 13.0. The van der Waals surface area contributed by atoms with E-state index in [1.807, 2.05) is 17.0 Å². The number of nitrogens with zero attached hydrogens (tertiary/aromatic N) is 3. The predicted octanol–water partition coefficient (Wildman–Crippen LogP) is 4.91. The molecule has 2 aromatic carbocycles. The molecule has 1 aromatic heterocycles. The van der Waals surface area contributed by atoms with Crippen molar-refractivity contribution in [3.63, 3.8) is 0 Å². The molecule has 1 fully saturated rings. The summed E-state index contributed by atoms with van der Waals surface area (Å²) in [5.74, 6) is 0.142. The molecule has 3 heterocycles. The van der Waals surface area contributed by atoms with Gasteiger partial charge in [0.05, 0.1) is 34.8 Å². The predicted molar refractivity (Wildman–Crippen MR) is 149 cm³/mol. The molecule has 0 atom stereocenters. The molecule has 2 aliphatic rings. The molecule has 1 amide bonds. The first-order valence-corrected chi connectivity index (χ1v) is 14.0. The number of fused-ring (bicyclic) bond motifs is 1. The highest BCUT2D eigenvalue weighted by atomic mass is 32.2. The third-order valence-corrected chi connectivity index (χ3v) is 8.14. The van der Waals surface area contributed by atoms with Crippen molar-refractivity contribution >= 4 is 40.2 Å². The Bertz CT molecular complexity index is 1520. The summed E-state index contributed by atoms with van der Waals surface area (Å²) >= 11 is 1.56. The summed E-state index contributed by atoms with van der Waals surface area (Å²) in [6.07, 6.45) is -1.63. The molecule has 0 aliphatic carbocycles. The van der Waals surface area contributed by atoms with Gasteiger partial charge in [-0.05, 0) is 37.1 Å². The van der Waals surface area contributed by atoms with Gasteiger partial charge in [0.25, 0.3) is 11.5 Å². The van der Waals surface area contributed by atoms with Crippen LogP contribution in [0.5, 0.6) is 0 Å². The van der Waals surface area contributed by atoms with Gasteiger partial charge in [-0.3, -0.25) is 9.59 Å². The number of hydrogen-bond acceptors (Lipinski definition) is 6. The first kappa shape index (κ1) is 27.8. The lowest BCUT2D eigenvalue weighted by atomic mass is 10.0. The third-order valence-electron chi connectivity index (χ3n) is 7.05. The number of carbonyl (C=O) groups excluding carboxylic acids is 2. The van der Waals surface area contributed by atoms with Crippen LogP contribution in [0.15, 0.2) is 64.3 Å². The lowest BCUT2D eigenvalue weighted by Crippen LogP contribution is -2.50. The summed E-state index contributed by atoms with van der Waals surface area (Å²) in [5.41, 5.74) is -0.0180. The minimum Gasteiger partial charge on any atom is -0.462 e. The highest BCUT2D eigenvalue weighted by molar-refractivity contribution is 8.04. The first-order chi connectivity index (χ1) is 19.2. The van der Waals surface area contributed by atoms with E-state index in [1.54, 1.807) is 41.8 Å². The van der Waals surface area contributed by atoms with Crippen LogP contribution in [-0.4, -0.2) is 59.9 Å². The minimum absolute atomic E-state index is 0.00424. The molecule has 1 saturated heterocycles. The molecule has 7 nitrogen and oxygen atoms in total.